The molecular formula is C48H54N2O6. The number of benzene rings is 5. The van der Waals surface area contributed by atoms with Crippen molar-refractivity contribution in [3.8, 4) is 0 Å². The lowest BCUT2D eigenvalue weighted by atomic mass is 9.82. The third-order valence-corrected chi connectivity index (χ3v) is 12.1. The summed E-state index contributed by atoms with van der Waals surface area (Å²) in [6.07, 6.45) is 17.1. The molecule has 5 aromatic rings. The van der Waals surface area contributed by atoms with Crippen LogP contribution in [0, 0.1) is 0 Å². The number of unbranched alkanes of at least 4 members (excludes halogenated alkanes) is 11. The lowest BCUT2D eigenvalue weighted by Gasteiger charge is -2.35. The number of esters is 1. The van der Waals surface area contributed by atoms with Crippen molar-refractivity contribution in [2.45, 2.75) is 123 Å². The Balaban J connectivity index is 1.20. The van der Waals surface area contributed by atoms with Crippen LogP contribution in [0.4, 0.5) is 0 Å². The first-order valence-corrected chi connectivity index (χ1v) is 21.1. The summed E-state index contributed by atoms with van der Waals surface area (Å²) in [5.74, 6) is -1.46. The molecule has 7 rings (SSSR count). The van der Waals surface area contributed by atoms with Crippen molar-refractivity contribution in [2.75, 3.05) is 13.2 Å². The maximum absolute atomic E-state index is 14.5. The van der Waals surface area contributed by atoms with Crippen molar-refractivity contribution >= 4 is 72.7 Å². The molecule has 8 heteroatoms. The smallest absolute Gasteiger partial charge is 0.330 e. The van der Waals surface area contributed by atoms with E-state index in [0.717, 1.165) is 89.8 Å². The minimum atomic E-state index is -0.440. The molecule has 0 fully saturated rings. The Morgan fingerprint density at radius 3 is 1.41 bits per heavy atom. The van der Waals surface area contributed by atoms with Crippen molar-refractivity contribution < 1.29 is 28.7 Å². The summed E-state index contributed by atoms with van der Waals surface area (Å²) in [5.41, 5.74) is 2.13. The van der Waals surface area contributed by atoms with Crippen LogP contribution in [0.3, 0.4) is 0 Å². The van der Waals surface area contributed by atoms with Crippen molar-refractivity contribution in [3.63, 3.8) is 0 Å². The van der Waals surface area contributed by atoms with E-state index in [9.17, 15) is 24.0 Å². The zero-order valence-electron chi connectivity index (χ0n) is 33.1. The van der Waals surface area contributed by atoms with Crippen LogP contribution in [-0.4, -0.2) is 58.6 Å². The molecule has 0 N–H and O–H groups in total. The van der Waals surface area contributed by atoms with Gasteiger partial charge in [0.2, 0.25) is 0 Å². The van der Waals surface area contributed by atoms with Crippen LogP contribution in [0.25, 0.3) is 43.1 Å². The molecule has 2 heterocycles. The lowest BCUT2D eigenvalue weighted by Crippen LogP contribution is -2.47. The highest BCUT2D eigenvalue weighted by atomic mass is 16.5. The quantitative estimate of drug-likeness (QED) is 0.0185. The molecule has 0 saturated carbocycles. The topological polar surface area (TPSA) is 101 Å². The summed E-state index contributed by atoms with van der Waals surface area (Å²) in [7, 11) is 0. The van der Waals surface area contributed by atoms with E-state index in [1.807, 2.05) is 48.5 Å². The van der Waals surface area contributed by atoms with Gasteiger partial charge in [-0.05, 0) is 88.7 Å². The average Bonchev–Trinajstić information content (AvgIpc) is 3.21. The average molecular weight is 755 g/mol. The van der Waals surface area contributed by atoms with Crippen LogP contribution in [0.5, 0.6) is 0 Å². The van der Waals surface area contributed by atoms with Gasteiger partial charge in [-0.25, -0.2) is 4.79 Å². The molecule has 0 bridgehead atoms. The molecule has 4 amide bonds. The maximum Gasteiger partial charge on any atom is 0.330 e. The van der Waals surface area contributed by atoms with E-state index in [1.54, 1.807) is 4.90 Å². The van der Waals surface area contributed by atoms with Crippen LogP contribution < -0.4 is 0 Å². The van der Waals surface area contributed by atoms with Gasteiger partial charge >= 0.3 is 5.97 Å². The van der Waals surface area contributed by atoms with Gasteiger partial charge in [0.05, 0.1) is 6.61 Å². The minimum Gasteiger partial charge on any atom is -0.463 e. The standard InChI is InChI=1S/C48H54N2O6/c1-4-7-9-11-15-19-31(20-16-12-10-8-5-2)50-47(54)38-27-23-34-32-21-25-36-43-37(46(53)49(45(36)52)29-17-13-14-18-30-56-40(51)6-3)26-22-33(41(32)43)35-24-28-39(48(50)55)44(38)42(34)35/h6,21-28,31H,3-5,7-20,29-30H2,1-2H3. The van der Waals surface area contributed by atoms with E-state index in [-0.39, 0.29) is 29.7 Å². The Bertz CT molecular complexity index is 2190. The van der Waals surface area contributed by atoms with Crippen LogP contribution in [0.15, 0.2) is 61.2 Å². The summed E-state index contributed by atoms with van der Waals surface area (Å²) in [4.78, 5) is 71.1. The first-order chi connectivity index (χ1) is 27.3. The number of rotatable bonds is 21. The number of carbonyl (C=O) groups excluding carboxylic acids is 5. The molecule has 0 atom stereocenters. The van der Waals surface area contributed by atoms with Gasteiger partial charge in [-0.2, -0.15) is 0 Å². The summed E-state index contributed by atoms with van der Waals surface area (Å²) < 4.78 is 5.04. The summed E-state index contributed by atoms with van der Waals surface area (Å²) >= 11 is 0. The van der Waals surface area contributed by atoms with Gasteiger partial charge in [0.15, 0.2) is 0 Å². The fraction of sp³-hybridized carbons (Fsp3) is 0.438. The zero-order chi connectivity index (χ0) is 39.3. The highest BCUT2D eigenvalue weighted by Gasteiger charge is 2.39. The lowest BCUT2D eigenvalue weighted by molar-refractivity contribution is -0.137. The van der Waals surface area contributed by atoms with E-state index >= 15 is 0 Å². The summed E-state index contributed by atoms with van der Waals surface area (Å²) in [6, 6.07) is 15.2. The van der Waals surface area contributed by atoms with E-state index in [2.05, 4.69) is 20.4 Å². The molecule has 2 aliphatic rings. The van der Waals surface area contributed by atoms with Crippen LogP contribution >= 0.6 is 0 Å². The third kappa shape index (κ3) is 7.19. The fourth-order valence-corrected chi connectivity index (χ4v) is 9.20. The van der Waals surface area contributed by atoms with Gasteiger partial charge in [-0.3, -0.25) is 29.0 Å². The maximum atomic E-state index is 14.5. The molecule has 292 valence electrons. The molecule has 56 heavy (non-hydrogen) atoms. The molecule has 0 saturated heterocycles. The van der Waals surface area contributed by atoms with Crippen molar-refractivity contribution in [1.82, 2.24) is 9.80 Å². The monoisotopic (exact) mass is 754 g/mol. The highest BCUT2D eigenvalue weighted by molar-refractivity contribution is 6.41. The zero-order valence-corrected chi connectivity index (χ0v) is 33.1. The molecule has 0 aromatic heterocycles. The number of ether oxygens (including phenoxy) is 1. The van der Waals surface area contributed by atoms with Gasteiger partial charge in [-0.15, -0.1) is 0 Å². The normalized spacial score (nSPS) is 14.1. The van der Waals surface area contributed by atoms with Gasteiger partial charge in [-0.1, -0.05) is 115 Å². The Kier molecular flexibility index (Phi) is 12.1. The first-order valence-electron chi connectivity index (χ1n) is 21.1. The molecule has 0 radical (unpaired) electrons. The molecule has 5 aromatic carbocycles. The van der Waals surface area contributed by atoms with Crippen LogP contribution in [-0.2, 0) is 9.53 Å². The molecule has 2 aliphatic heterocycles. The third-order valence-electron chi connectivity index (χ3n) is 12.1. The highest BCUT2D eigenvalue weighted by Crippen LogP contribution is 2.46. The molecule has 0 spiro atoms. The van der Waals surface area contributed by atoms with Crippen molar-refractivity contribution in [1.29, 1.82) is 0 Å². The van der Waals surface area contributed by atoms with E-state index in [0.29, 0.717) is 59.0 Å². The Morgan fingerprint density at radius 2 is 0.964 bits per heavy atom. The summed E-state index contributed by atoms with van der Waals surface area (Å²) in [5, 5.41) is 6.67. The van der Waals surface area contributed by atoms with Gasteiger partial charge < -0.3 is 4.74 Å². The molecule has 0 unspecified atom stereocenters. The van der Waals surface area contributed by atoms with E-state index in [4.69, 9.17) is 4.74 Å². The number of hydrogen-bond acceptors (Lipinski definition) is 6. The number of nitrogens with zero attached hydrogens (tertiary/aromatic N) is 2. The SMILES string of the molecule is C=CC(=O)OCCCCCCN1C(=O)c2ccc3c4ccc5c6c(ccc(c7ccc(c2c37)C1=O)c64)C(=O)N(C(CCCCCCC)CCCCCCC)C5=O. The predicted octanol–water partition coefficient (Wildman–Crippen LogP) is 11.3. The molecule has 8 nitrogen and oxygen atoms in total. The van der Waals surface area contributed by atoms with Gasteiger partial charge in [0.25, 0.3) is 23.6 Å². The second-order valence-electron chi connectivity index (χ2n) is 15.7. The Hall–Kier alpha value is -5.11. The second-order valence-corrected chi connectivity index (χ2v) is 15.7. The van der Waals surface area contributed by atoms with Crippen LogP contribution in [0.1, 0.15) is 158 Å². The van der Waals surface area contributed by atoms with Gasteiger partial charge in [0.1, 0.15) is 0 Å². The Labute approximate surface area is 329 Å². The van der Waals surface area contributed by atoms with E-state index in [1.165, 1.54) is 43.4 Å². The van der Waals surface area contributed by atoms with Crippen molar-refractivity contribution in [3.05, 3.63) is 83.4 Å². The number of imide groups is 2. The molecular weight excluding hydrogens is 701 g/mol. The largest absolute Gasteiger partial charge is 0.463 e. The summed E-state index contributed by atoms with van der Waals surface area (Å²) in [6.45, 7) is 8.44. The number of hydrogen-bond donors (Lipinski definition) is 0. The van der Waals surface area contributed by atoms with Crippen LogP contribution in [0.2, 0.25) is 0 Å². The minimum absolute atomic E-state index is 0.130. The number of amides is 4. The van der Waals surface area contributed by atoms with Crippen molar-refractivity contribution in [2.24, 2.45) is 0 Å². The first kappa shape index (κ1) is 39.1. The van der Waals surface area contributed by atoms with Gasteiger partial charge in [0, 0.05) is 51.7 Å². The second kappa shape index (κ2) is 17.4. The fourth-order valence-electron chi connectivity index (χ4n) is 9.20. The van der Waals surface area contributed by atoms with E-state index < -0.39 is 5.97 Å². The number of carbonyl (C=O) groups is 5. The Morgan fingerprint density at radius 1 is 0.554 bits per heavy atom. The number of fused-ring (bicyclic) bond motifs is 2. The predicted molar refractivity (Wildman–Crippen MR) is 224 cm³/mol. The molecule has 0 aliphatic carbocycles.